The molecule has 9 heteroatoms. The quantitative estimate of drug-likeness (QED) is 0.515. The number of thiazole rings is 1. The third kappa shape index (κ3) is 4.29. The molecule has 2 aromatic heterocycles. The summed E-state index contributed by atoms with van der Waals surface area (Å²) < 4.78 is 18.9. The lowest BCUT2D eigenvalue weighted by molar-refractivity contribution is 0.174. The van der Waals surface area contributed by atoms with Crippen LogP contribution in [-0.2, 0) is 11.2 Å². The van der Waals surface area contributed by atoms with E-state index in [-0.39, 0.29) is 12.5 Å². The highest BCUT2D eigenvalue weighted by atomic mass is 35.5. The summed E-state index contributed by atoms with van der Waals surface area (Å²) in [5, 5.41) is 1.61. The van der Waals surface area contributed by atoms with Crippen LogP contribution in [0.3, 0.4) is 0 Å². The molecule has 3 aromatic rings. The van der Waals surface area contributed by atoms with E-state index in [0.29, 0.717) is 23.1 Å². The first-order valence-electron chi connectivity index (χ1n) is 9.56. The molecule has 0 unspecified atom stereocenters. The van der Waals surface area contributed by atoms with Gasteiger partial charge in [-0.1, -0.05) is 30.7 Å². The molecule has 0 spiro atoms. The van der Waals surface area contributed by atoms with Crippen molar-refractivity contribution in [3.05, 3.63) is 58.4 Å². The molecule has 1 amide bonds. The number of aromatic nitrogens is 3. The molecular weight excluding hydrogens is 427 g/mol. The Morgan fingerprint density at radius 2 is 2.03 bits per heavy atom. The van der Waals surface area contributed by atoms with Crippen LogP contribution >= 0.6 is 22.9 Å². The Hall–Kier alpha value is -2.58. The number of rotatable bonds is 6. The van der Waals surface area contributed by atoms with Crippen molar-refractivity contribution in [1.82, 2.24) is 15.0 Å². The first kappa shape index (κ1) is 20.7. The molecule has 0 radical (unpaired) electrons. The number of amides is 1. The molecule has 0 aliphatic carbocycles. The molecule has 0 bridgehead atoms. The van der Waals surface area contributed by atoms with E-state index < -0.39 is 18.3 Å². The van der Waals surface area contributed by atoms with Crippen LogP contribution in [0, 0.1) is 0 Å². The first-order valence-corrected chi connectivity index (χ1v) is 10.8. The fourth-order valence-electron chi connectivity index (χ4n) is 3.27. The Balaban J connectivity index is 1.50. The largest absolute Gasteiger partial charge is 0.447 e. The number of ether oxygens (including phenoxy) is 1. The molecular formula is C21H20ClFN4O2S. The van der Waals surface area contributed by atoms with Crippen molar-refractivity contribution in [2.75, 3.05) is 11.5 Å². The highest BCUT2D eigenvalue weighted by Gasteiger charge is 2.39. The van der Waals surface area contributed by atoms with Crippen LogP contribution in [0.4, 0.5) is 15.0 Å². The zero-order valence-electron chi connectivity index (χ0n) is 16.5. The van der Waals surface area contributed by atoms with Crippen molar-refractivity contribution in [1.29, 1.82) is 0 Å². The molecule has 4 rings (SSSR count). The van der Waals surface area contributed by atoms with Gasteiger partial charge in [-0.3, -0.25) is 4.90 Å². The molecule has 6 nitrogen and oxygen atoms in total. The van der Waals surface area contributed by atoms with Gasteiger partial charge in [0.15, 0.2) is 0 Å². The summed E-state index contributed by atoms with van der Waals surface area (Å²) in [6, 6.07) is 8.49. The van der Waals surface area contributed by atoms with Gasteiger partial charge in [-0.15, -0.1) is 11.3 Å². The van der Waals surface area contributed by atoms with E-state index in [0.717, 1.165) is 15.4 Å². The van der Waals surface area contributed by atoms with Gasteiger partial charge in [0.05, 0.1) is 0 Å². The number of benzene rings is 1. The highest BCUT2D eigenvalue weighted by molar-refractivity contribution is 7.15. The van der Waals surface area contributed by atoms with Crippen molar-refractivity contribution in [2.45, 2.75) is 38.4 Å². The van der Waals surface area contributed by atoms with Crippen LogP contribution in [0.25, 0.3) is 10.6 Å². The van der Waals surface area contributed by atoms with Crippen LogP contribution in [0.15, 0.2) is 42.7 Å². The average molecular weight is 447 g/mol. The first-order chi connectivity index (χ1) is 14.4. The van der Waals surface area contributed by atoms with Crippen molar-refractivity contribution >= 4 is 34.8 Å². The van der Waals surface area contributed by atoms with E-state index in [1.54, 1.807) is 23.6 Å². The number of carbonyl (C=O) groups is 1. The van der Waals surface area contributed by atoms with Gasteiger partial charge in [-0.2, -0.15) is 0 Å². The van der Waals surface area contributed by atoms with Gasteiger partial charge >= 0.3 is 6.09 Å². The Morgan fingerprint density at radius 3 is 2.77 bits per heavy atom. The zero-order chi connectivity index (χ0) is 21.3. The Kier molecular flexibility index (Phi) is 5.97. The van der Waals surface area contributed by atoms with Gasteiger partial charge in [-0.25, -0.2) is 24.1 Å². The lowest BCUT2D eigenvalue weighted by Crippen LogP contribution is -2.39. The predicted octanol–water partition coefficient (Wildman–Crippen LogP) is 5.28. The molecule has 1 aliphatic heterocycles. The van der Waals surface area contributed by atoms with E-state index in [1.807, 2.05) is 30.5 Å². The lowest BCUT2D eigenvalue weighted by atomic mass is 10.1. The smallest absolute Gasteiger partial charge is 0.416 e. The van der Waals surface area contributed by atoms with Gasteiger partial charge in [0, 0.05) is 34.3 Å². The maximum atomic E-state index is 13.9. The van der Waals surface area contributed by atoms with Crippen molar-refractivity contribution < 1.29 is 13.9 Å². The normalized spacial score (nSPS) is 18.3. The van der Waals surface area contributed by atoms with Crippen LogP contribution in [0.1, 0.15) is 30.5 Å². The second-order valence-electron chi connectivity index (χ2n) is 7.20. The second kappa shape index (κ2) is 8.65. The molecule has 156 valence electrons. The minimum absolute atomic E-state index is 0.0145. The van der Waals surface area contributed by atoms with Crippen LogP contribution in [0.2, 0.25) is 5.02 Å². The molecule has 1 aliphatic rings. The molecule has 1 aromatic carbocycles. The van der Waals surface area contributed by atoms with E-state index in [4.69, 9.17) is 16.3 Å². The number of cyclic esters (lactones) is 1. The minimum atomic E-state index is -1.22. The van der Waals surface area contributed by atoms with Gasteiger partial charge in [0.25, 0.3) is 0 Å². The maximum absolute atomic E-state index is 13.9. The number of halogens is 2. The number of hydrogen-bond acceptors (Lipinski definition) is 6. The van der Waals surface area contributed by atoms with Crippen molar-refractivity contribution in [3.63, 3.8) is 0 Å². The molecule has 0 saturated carbocycles. The lowest BCUT2D eigenvalue weighted by Gasteiger charge is -2.21. The number of alkyl halides is 1. The van der Waals surface area contributed by atoms with Gasteiger partial charge in [0.1, 0.15) is 35.5 Å². The topological polar surface area (TPSA) is 68.2 Å². The zero-order valence-corrected chi connectivity index (χ0v) is 18.0. The summed E-state index contributed by atoms with van der Waals surface area (Å²) in [4.78, 5) is 27.8. The van der Waals surface area contributed by atoms with Gasteiger partial charge in [0.2, 0.25) is 0 Å². The van der Waals surface area contributed by atoms with Gasteiger partial charge in [-0.05, 0) is 31.0 Å². The SMILES string of the molecule is C[C@H](Cc1nccc(N2C(=O)OC[C@@H]2[C@@H](C)F)n1)c1cnc(-c2ccc(Cl)cc2)s1. The average Bonchev–Trinajstić information content (AvgIpc) is 3.36. The second-order valence-corrected chi connectivity index (χ2v) is 8.70. The minimum Gasteiger partial charge on any atom is -0.447 e. The third-order valence-corrected chi connectivity index (χ3v) is 6.49. The fraction of sp³-hybridized carbons (Fsp3) is 0.333. The number of nitrogens with zero attached hydrogens (tertiary/aromatic N) is 4. The number of hydrogen-bond donors (Lipinski definition) is 0. The number of carbonyl (C=O) groups excluding carboxylic acids is 1. The molecule has 3 atom stereocenters. The monoisotopic (exact) mass is 446 g/mol. The predicted molar refractivity (Wildman–Crippen MR) is 115 cm³/mol. The third-order valence-electron chi connectivity index (χ3n) is 4.96. The molecule has 1 fully saturated rings. The highest BCUT2D eigenvalue weighted by Crippen LogP contribution is 2.32. The standard InChI is InChI=1S/C21H20ClFN4O2S/c1-12(17-10-25-20(30-17)14-3-5-15(22)6-4-14)9-18-24-8-7-19(26-18)27-16(13(2)23)11-29-21(27)28/h3-8,10,12-13,16H,9,11H2,1-2H3/t12-,13-,16-/m1/s1. The Labute approximate surface area is 182 Å². The Morgan fingerprint density at radius 1 is 1.27 bits per heavy atom. The van der Waals surface area contributed by atoms with Crippen LogP contribution in [-0.4, -0.2) is 39.9 Å². The summed E-state index contributed by atoms with van der Waals surface area (Å²) in [6.45, 7) is 3.50. The summed E-state index contributed by atoms with van der Waals surface area (Å²) in [5.41, 5.74) is 1.01. The van der Waals surface area contributed by atoms with E-state index in [9.17, 15) is 9.18 Å². The molecule has 30 heavy (non-hydrogen) atoms. The summed E-state index contributed by atoms with van der Waals surface area (Å²) in [6.07, 6.45) is 2.20. The molecule has 0 N–H and O–H groups in total. The summed E-state index contributed by atoms with van der Waals surface area (Å²) in [5.74, 6) is 1.06. The van der Waals surface area contributed by atoms with Crippen molar-refractivity contribution in [2.24, 2.45) is 0 Å². The van der Waals surface area contributed by atoms with Crippen LogP contribution in [0.5, 0.6) is 0 Å². The summed E-state index contributed by atoms with van der Waals surface area (Å²) >= 11 is 7.57. The molecule has 3 heterocycles. The summed E-state index contributed by atoms with van der Waals surface area (Å²) in [7, 11) is 0. The number of anilines is 1. The molecule has 1 saturated heterocycles. The fourth-order valence-corrected chi connectivity index (χ4v) is 4.37. The van der Waals surface area contributed by atoms with E-state index in [1.165, 1.54) is 11.8 Å². The maximum Gasteiger partial charge on any atom is 0.416 e. The van der Waals surface area contributed by atoms with E-state index >= 15 is 0 Å². The van der Waals surface area contributed by atoms with Crippen LogP contribution < -0.4 is 4.90 Å². The van der Waals surface area contributed by atoms with Crippen molar-refractivity contribution in [3.8, 4) is 10.6 Å². The van der Waals surface area contributed by atoms with Gasteiger partial charge < -0.3 is 4.74 Å². The van der Waals surface area contributed by atoms with E-state index in [2.05, 4.69) is 21.9 Å². The Bertz CT molecular complexity index is 1040.